The van der Waals surface area contributed by atoms with Crippen LogP contribution in [0.15, 0.2) is 72.8 Å². The summed E-state index contributed by atoms with van der Waals surface area (Å²) in [5, 5.41) is 10.4. The first-order valence-corrected chi connectivity index (χ1v) is 12.8. The van der Waals surface area contributed by atoms with Crippen LogP contribution in [0.3, 0.4) is 0 Å². The highest BCUT2D eigenvalue weighted by Crippen LogP contribution is 2.36. The fraction of sp³-hybridized carbons (Fsp3) is 0.387. The van der Waals surface area contributed by atoms with Gasteiger partial charge in [-0.1, -0.05) is 61.9 Å². The van der Waals surface area contributed by atoms with Crippen LogP contribution in [0.1, 0.15) is 46.8 Å². The van der Waals surface area contributed by atoms with Gasteiger partial charge in [0.15, 0.2) is 0 Å². The van der Waals surface area contributed by atoms with E-state index in [4.69, 9.17) is 4.74 Å². The van der Waals surface area contributed by atoms with E-state index in [2.05, 4.69) is 30.9 Å². The van der Waals surface area contributed by atoms with Crippen molar-refractivity contribution in [1.82, 2.24) is 9.80 Å². The van der Waals surface area contributed by atoms with Gasteiger partial charge in [-0.25, -0.2) is 0 Å². The largest absolute Gasteiger partial charge is 0.508 e. The van der Waals surface area contributed by atoms with Crippen molar-refractivity contribution in [2.75, 3.05) is 33.3 Å². The van der Waals surface area contributed by atoms with Gasteiger partial charge in [0, 0.05) is 49.8 Å². The molecule has 36 heavy (non-hydrogen) atoms. The molecule has 5 nitrogen and oxygen atoms in total. The second kappa shape index (κ2) is 11.6. The van der Waals surface area contributed by atoms with Crippen LogP contribution < -0.4 is 4.74 Å². The normalized spacial score (nSPS) is 17.9. The van der Waals surface area contributed by atoms with Gasteiger partial charge in [-0.2, -0.15) is 0 Å². The number of phenolic OH excluding ortho intramolecular Hbond substituents is 1. The Morgan fingerprint density at radius 2 is 1.81 bits per heavy atom. The number of rotatable bonds is 9. The summed E-state index contributed by atoms with van der Waals surface area (Å²) in [5.41, 5.74) is 4.04. The molecular formula is C31H38N2O3. The quantitative estimate of drug-likeness (QED) is 0.420. The fourth-order valence-corrected chi connectivity index (χ4v) is 5.25. The minimum absolute atomic E-state index is 0.0900. The lowest BCUT2D eigenvalue weighted by atomic mass is 9.88. The van der Waals surface area contributed by atoms with Crippen molar-refractivity contribution in [3.8, 4) is 11.5 Å². The van der Waals surface area contributed by atoms with Crippen LogP contribution >= 0.6 is 0 Å². The monoisotopic (exact) mass is 486 g/mol. The van der Waals surface area contributed by atoms with Crippen molar-refractivity contribution in [2.45, 2.75) is 33.2 Å². The summed E-state index contributed by atoms with van der Waals surface area (Å²) in [6, 6.07) is 23.7. The molecule has 3 aromatic carbocycles. The zero-order chi connectivity index (χ0) is 25.7. The Balaban J connectivity index is 1.61. The summed E-state index contributed by atoms with van der Waals surface area (Å²) in [7, 11) is 1.69. The number of benzene rings is 3. The van der Waals surface area contributed by atoms with E-state index in [-0.39, 0.29) is 17.7 Å². The molecule has 0 bridgehead atoms. The smallest absolute Gasteiger partial charge is 0.253 e. The molecule has 0 spiro atoms. The van der Waals surface area contributed by atoms with Gasteiger partial charge in [-0.15, -0.1) is 0 Å². The highest BCUT2D eigenvalue weighted by atomic mass is 16.5. The maximum Gasteiger partial charge on any atom is 0.253 e. The maximum absolute atomic E-state index is 13.6. The van der Waals surface area contributed by atoms with Crippen LogP contribution in [0.2, 0.25) is 0 Å². The molecule has 5 heteroatoms. The van der Waals surface area contributed by atoms with Crippen LogP contribution in [0.25, 0.3) is 0 Å². The summed E-state index contributed by atoms with van der Waals surface area (Å²) in [6.45, 7) is 10.2. The van der Waals surface area contributed by atoms with E-state index in [9.17, 15) is 9.90 Å². The third kappa shape index (κ3) is 6.27. The van der Waals surface area contributed by atoms with Gasteiger partial charge in [0.25, 0.3) is 5.91 Å². The van der Waals surface area contributed by atoms with Crippen molar-refractivity contribution in [1.29, 1.82) is 0 Å². The molecule has 0 aliphatic carbocycles. The number of hydrogen-bond acceptors (Lipinski definition) is 4. The molecule has 4 rings (SSSR count). The minimum atomic E-state index is 0.0900. The molecule has 0 saturated carbocycles. The Bertz CT molecular complexity index is 1160. The number of nitrogens with zero attached hydrogens (tertiary/aromatic N) is 2. The number of phenols is 1. The topological polar surface area (TPSA) is 53.0 Å². The van der Waals surface area contributed by atoms with E-state index in [1.807, 2.05) is 66.4 Å². The van der Waals surface area contributed by atoms with E-state index in [0.29, 0.717) is 31.3 Å². The second-order valence-electron chi connectivity index (χ2n) is 10.4. The molecule has 3 aromatic rings. The number of aryl methyl sites for hydroxylation is 1. The van der Waals surface area contributed by atoms with E-state index < -0.39 is 0 Å². The Kier molecular flexibility index (Phi) is 8.32. The summed E-state index contributed by atoms with van der Waals surface area (Å²) >= 11 is 0. The average molecular weight is 487 g/mol. The summed E-state index contributed by atoms with van der Waals surface area (Å²) in [6.07, 6.45) is 0. The standard InChI is InChI=1S/C31H38N2O3/c1-22(2)17-33(31(35)24-14-12-23(3)13-15-24)20-27-19-32(18-26-8-5-6-11-30(26)34)21-29(27)25-9-7-10-28(16-25)36-4/h5-16,22,27,29,34H,17-21H2,1-4H3. The van der Waals surface area contributed by atoms with Crippen molar-refractivity contribution >= 4 is 5.91 Å². The van der Waals surface area contributed by atoms with Crippen molar-refractivity contribution in [3.05, 3.63) is 95.1 Å². The molecular weight excluding hydrogens is 448 g/mol. The predicted octanol–water partition coefficient (Wildman–Crippen LogP) is 5.72. The molecule has 1 saturated heterocycles. The molecule has 1 aliphatic heterocycles. The number of carbonyl (C=O) groups is 1. The number of aromatic hydroxyl groups is 1. The predicted molar refractivity (Wildman–Crippen MR) is 145 cm³/mol. The van der Waals surface area contributed by atoms with Crippen molar-refractivity contribution < 1.29 is 14.6 Å². The van der Waals surface area contributed by atoms with Crippen molar-refractivity contribution in [2.24, 2.45) is 11.8 Å². The Labute approximate surface area is 215 Å². The molecule has 0 aromatic heterocycles. The molecule has 0 radical (unpaired) electrons. The van der Waals surface area contributed by atoms with Crippen molar-refractivity contribution in [3.63, 3.8) is 0 Å². The third-order valence-corrected chi connectivity index (χ3v) is 7.05. The molecule has 1 heterocycles. The summed E-state index contributed by atoms with van der Waals surface area (Å²) < 4.78 is 5.52. The van der Waals surface area contributed by atoms with E-state index in [1.165, 1.54) is 5.56 Å². The zero-order valence-electron chi connectivity index (χ0n) is 21.9. The fourth-order valence-electron chi connectivity index (χ4n) is 5.25. The summed E-state index contributed by atoms with van der Waals surface area (Å²) in [4.78, 5) is 18.0. The van der Waals surface area contributed by atoms with Gasteiger partial charge in [0.05, 0.1) is 7.11 Å². The first-order chi connectivity index (χ1) is 17.3. The van der Waals surface area contributed by atoms with Crippen LogP contribution in [-0.2, 0) is 6.54 Å². The number of hydrogen-bond donors (Lipinski definition) is 1. The Hall–Kier alpha value is -3.31. The molecule has 1 fully saturated rings. The Morgan fingerprint density at radius 3 is 2.50 bits per heavy atom. The number of carbonyl (C=O) groups excluding carboxylic acids is 1. The first kappa shape index (κ1) is 25.8. The second-order valence-corrected chi connectivity index (χ2v) is 10.4. The number of amides is 1. The van der Waals surface area contributed by atoms with Crippen LogP contribution in [-0.4, -0.2) is 54.1 Å². The SMILES string of the molecule is COc1cccc(C2CN(Cc3ccccc3O)CC2CN(CC(C)C)C(=O)c2ccc(C)cc2)c1. The lowest BCUT2D eigenvalue weighted by Gasteiger charge is -2.30. The van der Waals surface area contributed by atoms with E-state index >= 15 is 0 Å². The van der Waals surface area contributed by atoms with E-state index in [0.717, 1.165) is 35.5 Å². The first-order valence-electron chi connectivity index (χ1n) is 12.8. The molecule has 1 amide bonds. The molecule has 1 N–H and O–H groups in total. The molecule has 190 valence electrons. The number of ether oxygens (including phenoxy) is 1. The van der Waals surface area contributed by atoms with Gasteiger partial charge in [-0.05, 0) is 54.7 Å². The van der Waals surface area contributed by atoms with Gasteiger partial charge >= 0.3 is 0 Å². The average Bonchev–Trinajstić information content (AvgIpc) is 3.27. The number of methoxy groups -OCH3 is 1. The zero-order valence-corrected chi connectivity index (χ0v) is 21.9. The van der Waals surface area contributed by atoms with Crippen LogP contribution in [0.4, 0.5) is 0 Å². The molecule has 2 atom stereocenters. The number of para-hydroxylation sites is 1. The lowest BCUT2D eigenvalue weighted by Crippen LogP contribution is -2.39. The van der Waals surface area contributed by atoms with Gasteiger partial charge < -0.3 is 14.7 Å². The molecule has 2 unspecified atom stereocenters. The summed E-state index contributed by atoms with van der Waals surface area (Å²) in [5.74, 6) is 2.15. The van der Waals surface area contributed by atoms with Gasteiger partial charge in [0.2, 0.25) is 0 Å². The third-order valence-electron chi connectivity index (χ3n) is 7.05. The minimum Gasteiger partial charge on any atom is -0.508 e. The highest BCUT2D eigenvalue weighted by molar-refractivity contribution is 5.94. The van der Waals surface area contributed by atoms with E-state index in [1.54, 1.807) is 13.2 Å². The maximum atomic E-state index is 13.6. The number of likely N-dealkylation sites (tertiary alicyclic amines) is 1. The molecule has 1 aliphatic rings. The van der Waals surface area contributed by atoms with Crippen LogP contribution in [0, 0.1) is 18.8 Å². The highest BCUT2D eigenvalue weighted by Gasteiger charge is 2.36. The van der Waals surface area contributed by atoms with Crippen LogP contribution in [0.5, 0.6) is 11.5 Å². The van der Waals surface area contributed by atoms with Gasteiger partial charge in [-0.3, -0.25) is 9.69 Å². The Morgan fingerprint density at radius 1 is 1.06 bits per heavy atom. The lowest BCUT2D eigenvalue weighted by molar-refractivity contribution is 0.0703. The van der Waals surface area contributed by atoms with Gasteiger partial charge in [0.1, 0.15) is 11.5 Å².